The van der Waals surface area contributed by atoms with Crippen LogP contribution in [-0.2, 0) is 0 Å². The van der Waals surface area contributed by atoms with Gasteiger partial charge in [-0.05, 0) is 54.1 Å². The first-order valence-electron chi connectivity index (χ1n) is 10.7. The molecule has 36 heavy (non-hydrogen) atoms. The molecule has 0 bridgehead atoms. The van der Waals surface area contributed by atoms with Gasteiger partial charge in [-0.2, -0.15) is 10.5 Å². The maximum Gasteiger partial charge on any atom is 0.343 e. The molecule has 0 aliphatic rings. The molecule has 0 atom stereocenters. The highest BCUT2D eigenvalue weighted by molar-refractivity contribution is 5.94. The number of carbonyl (C=O) groups excluding carboxylic acids is 1. The van der Waals surface area contributed by atoms with Gasteiger partial charge in [-0.3, -0.25) is 4.40 Å². The SMILES string of the molecule is COc1cc(-c2c(C#N)c(N)n3c(nc4ccccc43)c2C#N)ccc1OC(=O)c1ccc(F)cc1. The molecule has 0 amide bonds. The van der Waals surface area contributed by atoms with E-state index in [-0.39, 0.29) is 39.6 Å². The van der Waals surface area contributed by atoms with E-state index in [9.17, 15) is 19.7 Å². The monoisotopic (exact) mass is 477 g/mol. The zero-order chi connectivity index (χ0) is 25.4. The minimum absolute atomic E-state index is 0.0975. The van der Waals surface area contributed by atoms with Gasteiger partial charge in [0, 0.05) is 5.56 Å². The molecule has 5 rings (SSSR count). The van der Waals surface area contributed by atoms with E-state index in [1.165, 1.54) is 25.3 Å². The van der Waals surface area contributed by atoms with Crippen molar-refractivity contribution in [2.75, 3.05) is 12.8 Å². The molecular weight excluding hydrogens is 461 g/mol. The number of anilines is 1. The van der Waals surface area contributed by atoms with Crippen LogP contribution < -0.4 is 15.2 Å². The first-order valence-corrected chi connectivity index (χ1v) is 10.7. The first kappa shape index (κ1) is 22.4. The van der Waals surface area contributed by atoms with Crippen molar-refractivity contribution in [1.82, 2.24) is 9.38 Å². The van der Waals surface area contributed by atoms with Crippen LogP contribution in [0.5, 0.6) is 11.5 Å². The van der Waals surface area contributed by atoms with Gasteiger partial charge in [-0.1, -0.05) is 18.2 Å². The Morgan fingerprint density at radius 2 is 1.72 bits per heavy atom. The summed E-state index contributed by atoms with van der Waals surface area (Å²) in [5, 5.41) is 20.1. The lowest BCUT2D eigenvalue weighted by Gasteiger charge is -2.15. The third-order valence-corrected chi connectivity index (χ3v) is 5.74. The van der Waals surface area contributed by atoms with Gasteiger partial charge in [0.1, 0.15) is 34.9 Å². The molecular formula is C27H16FN5O3. The van der Waals surface area contributed by atoms with E-state index in [1.807, 2.05) is 12.1 Å². The van der Waals surface area contributed by atoms with Gasteiger partial charge in [0.2, 0.25) is 0 Å². The summed E-state index contributed by atoms with van der Waals surface area (Å²) in [6.45, 7) is 0. The van der Waals surface area contributed by atoms with Crippen molar-refractivity contribution in [2.45, 2.75) is 0 Å². The quantitative estimate of drug-likeness (QED) is 0.290. The number of esters is 1. The Morgan fingerprint density at radius 3 is 2.42 bits per heavy atom. The maximum atomic E-state index is 13.2. The van der Waals surface area contributed by atoms with Gasteiger partial charge in [0.05, 0.1) is 23.7 Å². The molecule has 0 unspecified atom stereocenters. The lowest BCUT2D eigenvalue weighted by molar-refractivity contribution is 0.0729. The number of nitriles is 2. The Labute approximate surface area is 204 Å². The number of para-hydroxylation sites is 2. The summed E-state index contributed by atoms with van der Waals surface area (Å²) in [5.74, 6) is -0.750. The van der Waals surface area contributed by atoms with Crippen LogP contribution in [0.1, 0.15) is 21.5 Å². The molecule has 5 aromatic rings. The molecule has 0 aliphatic carbocycles. The fraction of sp³-hybridized carbons (Fsp3) is 0.0370. The molecule has 0 spiro atoms. The average molecular weight is 477 g/mol. The Hall–Kier alpha value is -5.41. The topological polar surface area (TPSA) is 126 Å². The van der Waals surface area contributed by atoms with Gasteiger partial charge in [0.15, 0.2) is 17.1 Å². The number of aromatic nitrogens is 2. The summed E-state index contributed by atoms with van der Waals surface area (Å²) < 4.78 is 25.6. The van der Waals surface area contributed by atoms with Crippen molar-refractivity contribution in [3.8, 4) is 34.8 Å². The second-order valence-electron chi connectivity index (χ2n) is 7.76. The number of nitrogen functional groups attached to an aromatic ring is 1. The highest BCUT2D eigenvalue weighted by atomic mass is 19.1. The van der Waals surface area contributed by atoms with Crippen LogP contribution in [0.2, 0.25) is 0 Å². The third-order valence-electron chi connectivity index (χ3n) is 5.74. The molecule has 0 saturated heterocycles. The van der Waals surface area contributed by atoms with Crippen molar-refractivity contribution in [3.63, 3.8) is 0 Å². The van der Waals surface area contributed by atoms with E-state index < -0.39 is 11.8 Å². The number of nitrogens with zero attached hydrogens (tertiary/aromatic N) is 4. The number of imidazole rings is 1. The standard InChI is InChI=1S/C27H16FN5O3/c1-35-23-12-16(8-11-22(23)36-27(34)15-6-9-17(28)10-7-15)24-18(13-29)25(31)33-21-5-3-2-4-20(21)32-26(33)19(24)14-30/h2-12H,31H2,1H3. The van der Waals surface area contributed by atoms with Crippen molar-refractivity contribution in [1.29, 1.82) is 10.5 Å². The van der Waals surface area contributed by atoms with E-state index in [1.54, 1.807) is 28.7 Å². The van der Waals surface area contributed by atoms with Crippen LogP contribution >= 0.6 is 0 Å². The van der Waals surface area contributed by atoms with Gasteiger partial charge in [0.25, 0.3) is 0 Å². The Balaban J connectivity index is 1.66. The van der Waals surface area contributed by atoms with Crippen LogP contribution in [-0.4, -0.2) is 22.5 Å². The normalized spacial score (nSPS) is 10.7. The number of hydrogen-bond donors (Lipinski definition) is 1. The van der Waals surface area contributed by atoms with E-state index in [4.69, 9.17) is 15.2 Å². The van der Waals surface area contributed by atoms with Crippen molar-refractivity contribution < 1.29 is 18.7 Å². The Kier molecular flexibility index (Phi) is 5.44. The smallest absolute Gasteiger partial charge is 0.343 e. The number of carbonyl (C=O) groups is 1. The number of nitrogens with two attached hydrogens (primary N) is 1. The Morgan fingerprint density at radius 1 is 1.00 bits per heavy atom. The maximum absolute atomic E-state index is 13.2. The largest absolute Gasteiger partial charge is 0.493 e. The first-order chi connectivity index (χ1) is 17.5. The van der Waals surface area contributed by atoms with E-state index in [0.29, 0.717) is 22.2 Å². The van der Waals surface area contributed by atoms with Gasteiger partial charge >= 0.3 is 5.97 Å². The van der Waals surface area contributed by atoms with E-state index in [0.717, 1.165) is 12.1 Å². The van der Waals surface area contributed by atoms with Gasteiger partial charge < -0.3 is 15.2 Å². The van der Waals surface area contributed by atoms with Crippen LogP contribution in [0.15, 0.2) is 66.7 Å². The zero-order valence-electron chi connectivity index (χ0n) is 18.8. The van der Waals surface area contributed by atoms with Crippen molar-refractivity contribution in [3.05, 3.63) is 89.2 Å². The molecule has 0 aliphatic heterocycles. The lowest BCUT2D eigenvalue weighted by atomic mass is 9.96. The summed E-state index contributed by atoms with van der Waals surface area (Å²) in [7, 11) is 1.39. The fourth-order valence-corrected chi connectivity index (χ4v) is 4.07. The fourth-order valence-electron chi connectivity index (χ4n) is 4.07. The number of rotatable bonds is 4. The van der Waals surface area contributed by atoms with Crippen LogP contribution in [0, 0.1) is 28.5 Å². The number of hydrogen-bond acceptors (Lipinski definition) is 7. The number of methoxy groups -OCH3 is 1. The van der Waals surface area contributed by atoms with Crippen LogP contribution in [0.3, 0.4) is 0 Å². The highest BCUT2D eigenvalue weighted by Gasteiger charge is 2.24. The summed E-state index contributed by atoms with van der Waals surface area (Å²) in [4.78, 5) is 17.1. The van der Waals surface area contributed by atoms with E-state index in [2.05, 4.69) is 17.1 Å². The van der Waals surface area contributed by atoms with Crippen molar-refractivity contribution in [2.24, 2.45) is 0 Å². The molecule has 174 valence electrons. The number of pyridine rings is 1. The molecule has 3 aromatic carbocycles. The molecule has 0 radical (unpaired) electrons. The predicted molar refractivity (Wildman–Crippen MR) is 130 cm³/mol. The van der Waals surface area contributed by atoms with Crippen LogP contribution in [0.4, 0.5) is 10.2 Å². The molecule has 2 N–H and O–H groups in total. The lowest BCUT2D eigenvalue weighted by Crippen LogP contribution is -2.09. The number of halogens is 1. The highest BCUT2D eigenvalue weighted by Crippen LogP contribution is 2.39. The second-order valence-corrected chi connectivity index (χ2v) is 7.76. The number of benzene rings is 3. The molecule has 0 saturated carbocycles. The summed E-state index contributed by atoms with van der Waals surface area (Å²) in [6.07, 6.45) is 0. The summed E-state index contributed by atoms with van der Waals surface area (Å²) >= 11 is 0. The number of ether oxygens (including phenoxy) is 2. The second kappa shape index (κ2) is 8.75. The Bertz CT molecular complexity index is 1760. The minimum Gasteiger partial charge on any atom is -0.493 e. The predicted octanol–water partition coefficient (Wildman–Crippen LogP) is 4.85. The molecule has 0 fully saturated rings. The van der Waals surface area contributed by atoms with E-state index >= 15 is 0 Å². The van der Waals surface area contributed by atoms with Gasteiger partial charge in [-0.15, -0.1) is 0 Å². The molecule has 8 nitrogen and oxygen atoms in total. The molecule has 2 heterocycles. The summed E-state index contributed by atoms with van der Waals surface area (Å²) in [5.41, 5.74) is 9.17. The molecule has 9 heteroatoms. The van der Waals surface area contributed by atoms with Gasteiger partial charge in [-0.25, -0.2) is 14.2 Å². The number of fused-ring (bicyclic) bond motifs is 3. The van der Waals surface area contributed by atoms with Crippen molar-refractivity contribution >= 4 is 28.5 Å². The minimum atomic E-state index is -0.703. The average Bonchev–Trinajstić information content (AvgIpc) is 3.29. The van der Waals surface area contributed by atoms with Crippen LogP contribution in [0.25, 0.3) is 27.8 Å². The zero-order valence-corrected chi connectivity index (χ0v) is 18.8. The summed E-state index contributed by atoms with van der Waals surface area (Å²) in [6, 6.07) is 21.1. The third kappa shape index (κ3) is 3.52. The molecule has 2 aromatic heterocycles.